The van der Waals surface area contributed by atoms with E-state index in [2.05, 4.69) is 5.32 Å². The van der Waals surface area contributed by atoms with Crippen molar-refractivity contribution in [3.63, 3.8) is 0 Å². The zero-order chi connectivity index (χ0) is 18.5. The Bertz CT molecular complexity index is 1090. The summed E-state index contributed by atoms with van der Waals surface area (Å²) in [5.41, 5.74) is -0.793. The number of nitrogens with one attached hydrogen (secondary N) is 1. The van der Waals surface area contributed by atoms with Gasteiger partial charge in [0.2, 0.25) is 9.84 Å². The number of hydrogen-bond acceptors (Lipinski definition) is 4. The lowest BCUT2D eigenvalue weighted by Gasteiger charge is -2.12. The summed E-state index contributed by atoms with van der Waals surface area (Å²) in [5, 5.41) is 3.27. The van der Waals surface area contributed by atoms with Crippen LogP contribution < -0.4 is 5.32 Å². The van der Waals surface area contributed by atoms with E-state index >= 15 is 0 Å². The summed E-state index contributed by atoms with van der Waals surface area (Å²) >= 11 is 0. The molecule has 9 heteroatoms. The van der Waals surface area contributed by atoms with Gasteiger partial charge in [0.25, 0.3) is 0 Å². The first-order valence-electron chi connectivity index (χ1n) is 7.95. The summed E-state index contributed by atoms with van der Waals surface area (Å²) in [4.78, 5) is -0.444. The molecular formula is C18H15ClF3NO3S. The molecule has 0 unspecified atom stereocenters. The summed E-state index contributed by atoms with van der Waals surface area (Å²) in [7, 11) is -4.08. The van der Waals surface area contributed by atoms with Crippen LogP contribution in [0.5, 0.6) is 0 Å². The molecule has 0 bridgehead atoms. The molecule has 0 radical (unpaired) electrons. The number of fused-ring (bicyclic) bond motifs is 3. The summed E-state index contributed by atoms with van der Waals surface area (Å²) in [6, 6.07) is 9.36. The molecule has 1 N–H and O–H groups in total. The van der Waals surface area contributed by atoms with E-state index in [1.54, 1.807) is 6.07 Å². The fraction of sp³-hybridized carbons (Fsp3) is 0.222. The second kappa shape index (κ2) is 6.85. The molecule has 2 heterocycles. The Morgan fingerprint density at radius 1 is 1.04 bits per heavy atom. The van der Waals surface area contributed by atoms with Gasteiger partial charge in [0, 0.05) is 30.5 Å². The molecule has 0 atom stereocenters. The second-order valence-electron chi connectivity index (χ2n) is 6.09. The molecule has 0 spiro atoms. The Morgan fingerprint density at radius 3 is 2.41 bits per heavy atom. The van der Waals surface area contributed by atoms with Crippen LogP contribution in [0.1, 0.15) is 16.9 Å². The molecule has 144 valence electrons. The summed E-state index contributed by atoms with van der Waals surface area (Å²) in [5.74, 6) is 0.471. The van der Waals surface area contributed by atoms with Gasteiger partial charge in [-0.3, -0.25) is 0 Å². The minimum atomic E-state index is -4.73. The van der Waals surface area contributed by atoms with Gasteiger partial charge in [-0.1, -0.05) is 18.2 Å². The molecule has 0 saturated heterocycles. The standard InChI is InChI=1S/C18H14F3NO3S.ClH/c19-18(20,21)15-9-12(26(23,24)11-4-2-1-3-5-11)8-13-14-10-22-7-6-16(14)25-17(13)15;/h1-5,8-9,22H,6-7,10H2;1H. The zero-order valence-corrected chi connectivity index (χ0v) is 15.5. The largest absolute Gasteiger partial charge is 0.460 e. The molecule has 27 heavy (non-hydrogen) atoms. The predicted octanol–water partition coefficient (Wildman–Crippen LogP) is 4.35. The highest BCUT2D eigenvalue weighted by atomic mass is 35.5. The number of hydrogen-bond donors (Lipinski definition) is 1. The van der Waals surface area contributed by atoms with E-state index in [9.17, 15) is 21.6 Å². The maximum atomic E-state index is 13.6. The lowest BCUT2D eigenvalue weighted by atomic mass is 10.0. The topological polar surface area (TPSA) is 59.3 Å². The monoisotopic (exact) mass is 417 g/mol. The third-order valence-electron chi connectivity index (χ3n) is 4.45. The van der Waals surface area contributed by atoms with E-state index in [4.69, 9.17) is 4.42 Å². The van der Waals surface area contributed by atoms with Crippen LogP contribution in [0.2, 0.25) is 0 Å². The van der Waals surface area contributed by atoms with Crippen LogP contribution >= 0.6 is 12.4 Å². The number of benzene rings is 2. The normalized spacial score (nSPS) is 14.6. The molecule has 3 aromatic rings. The van der Waals surface area contributed by atoms with Gasteiger partial charge in [0.15, 0.2) is 0 Å². The summed E-state index contributed by atoms with van der Waals surface area (Å²) in [6.07, 6.45) is -4.27. The van der Waals surface area contributed by atoms with Gasteiger partial charge in [-0.2, -0.15) is 13.2 Å². The predicted molar refractivity (Wildman–Crippen MR) is 95.8 cm³/mol. The molecule has 4 rings (SSSR count). The second-order valence-corrected chi connectivity index (χ2v) is 8.04. The first-order valence-corrected chi connectivity index (χ1v) is 9.43. The SMILES string of the molecule is Cl.O=S(=O)(c1ccccc1)c1cc(C(F)(F)F)c2oc3c(c2c1)CNCC3. The Labute approximate surface area is 159 Å². The van der Waals surface area contributed by atoms with Crippen molar-refractivity contribution >= 4 is 33.2 Å². The van der Waals surface area contributed by atoms with Crippen LogP contribution in [0.15, 0.2) is 56.7 Å². The number of alkyl halides is 3. The van der Waals surface area contributed by atoms with Crippen LogP contribution in [0.25, 0.3) is 11.0 Å². The van der Waals surface area contributed by atoms with Gasteiger partial charge >= 0.3 is 6.18 Å². The quantitative estimate of drug-likeness (QED) is 0.673. The molecular weight excluding hydrogens is 403 g/mol. The Hall–Kier alpha value is -2.03. The van der Waals surface area contributed by atoms with E-state index in [-0.39, 0.29) is 28.3 Å². The van der Waals surface area contributed by atoms with Crippen LogP contribution in [-0.4, -0.2) is 15.0 Å². The van der Waals surface area contributed by atoms with E-state index in [1.807, 2.05) is 0 Å². The third-order valence-corrected chi connectivity index (χ3v) is 6.20. The van der Waals surface area contributed by atoms with E-state index in [0.717, 1.165) is 0 Å². The third kappa shape index (κ3) is 3.33. The fourth-order valence-electron chi connectivity index (χ4n) is 3.18. The number of rotatable bonds is 2. The van der Waals surface area contributed by atoms with Gasteiger partial charge in [0.1, 0.15) is 16.9 Å². The molecule has 1 aromatic heterocycles. The maximum Gasteiger partial charge on any atom is 0.420 e. The average Bonchev–Trinajstić information content (AvgIpc) is 2.99. The summed E-state index contributed by atoms with van der Waals surface area (Å²) < 4.78 is 71.9. The minimum Gasteiger partial charge on any atom is -0.460 e. The average molecular weight is 418 g/mol. The van der Waals surface area contributed by atoms with E-state index in [1.165, 1.54) is 30.3 Å². The minimum absolute atomic E-state index is 0. The van der Waals surface area contributed by atoms with Crippen molar-refractivity contribution < 1.29 is 26.0 Å². The Balaban J connectivity index is 0.00000210. The molecule has 1 aliphatic heterocycles. The van der Waals surface area contributed by atoms with Gasteiger partial charge < -0.3 is 9.73 Å². The van der Waals surface area contributed by atoms with Gasteiger partial charge in [-0.15, -0.1) is 12.4 Å². The van der Waals surface area contributed by atoms with Crippen molar-refractivity contribution in [2.24, 2.45) is 0 Å². The maximum absolute atomic E-state index is 13.6. The van der Waals surface area contributed by atoms with E-state index < -0.39 is 26.5 Å². The molecule has 1 aliphatic rings. The number of furan rings is 1. The van der Waals surface area contributed by atoms with Crippen molar-refractivity contribution in [3.05, 3.63) is 59.4 Å². The van der Waals surface area contributed by atoms with E-state index in [0.29, 0.717) is 36.9 Å². The first kappa shape index (κ1) is 19.7. The van der Waals surface area contributed by atoms with Gasteiger partial charge in [-0.05, 0) is 24.3 Å². The zero-order valence-electron chi connectivity index (χ0n) is 13.8. The van der Waals surface area contributed by atoms with Crippen molar-refractivity contribution in [1.82, 2.24) is 5.32 Å². The lowest BCUT2D eigenvalue weighted by Crippen LogP contribution is -2.22. The molecule has 4 nitrogen and oxygen atoms in total. The smallest absolute Gasteiger partial charge is 0.420 e. The van der Waals surface area contributed by atoms with Crippen molar-refractivity contribution in [1.29, 1.82) is 0 Å². The summed E-state index contributed by atoms with van der Waals surface area (Å²) in [6.45, 7) is 0.942. The molecule has 0 saturated carbocycles. The highest BCUT2D eigenvalue weighted by Crippen LogP contribution is 2.41. The van der Waals surface area contributed by atoms with Crippen LogP contribution in [-0.2, 0) is 29.0 Å². The number of halogens is 4. The number of sulfone groups is 1. The lowest BCUT2D eigenvalue weighted by molar-refractivity contribution is -0.137. The Morgan fingerprint density at radius 2 is 1.74 bits per heavy atom. The van der Waals surface area contributed by atoms with Crippen LogP contribution in [0, 0.1) is 0 Å². The van der Waals surface area contributed by atoms with Gasteiger partial charge in [0.05, 0.1) is 9.79 Å². The van der Waals surface area contributed by atoms with Crippen LogP contribution in [0.4, 0.5) is 13.2 Å². The molecule has 2 aromatic carbocycles. The van der Waals surface area contributed by atoms with Crippen molar-refractivity contribution in [3.8, 4) is 0 Å². The molecule has 0 fully saturated rings. The van der Waals surface area contributed by atoms with Gasteiger partial charge in [-0.25, -0.2) is 8.42 Å². The molecule has 0 amide bonds. The Kier molecular flexibility index (Phi) is 5.00. The highest BCUT2D eigenvalue weighted by Gasteiger charge is 2.37. The first-order chi connectivity index (χ1) is 12.3. The molecule has 0 aliphatic carbocycles. The van der Waals surface area contributed by atoms with Crippen molar-refractivity contribution in [2.45, 2.75) is 28.9 Å². The van der Waals surface area contributed by atoms with Crippen molar-refractivity contribution in [2.75, 3.05) is 6.54 Å². The van der Waals surface area contributed by atoms with Crippen LogP contribution in [0.3, 0.4) is 0 Å². The highest BCUT2D eigenvalue weighted by molar-refractivity contribution is 7.91. The fourth-order valence-corrected chi connectivity index (χ4v) is 4.52.